The molecule has 5 heteroatoms. The number of hydrogen-bond acceptors (Lipinski definition) is 2. The summed E-state index contributed by atoms with van der Waals surface area (Å²) < 4.78 is 31.9. The number of rotatable bonds is 3. The molecule has 4 nitrogen and oxygen atoms in total. The Kier molecular flexibility index (Phi) is 3.70. The second kappa shape index (κ2) is 4.39. The third-order valence-electron chi connectivity index (χ3n) is 2.69. The summed E-state index contributed by atoms with van der Waals surface area (Å²) >= 11 is 0. The van der Waals surface area contributed by atoms with Crippen LogP contribution < -0.4 is 4.72 Å². The standard InChI is InChI=1S/C8H17NO3S/c1-7(9-13(10,11)12)8-5-3-2-4-6-8/h7-9H,2-6H2,1H3,(H,10,11,12). The van der Waals surface area contributed by atoms with Gasteiger partial charge in [0.05, 0.1) is 0 Å². The average Bonchev–Trinajstić information content (AvgIpc) is 2.03. The lowest BCUT2D eigenvalue weighted by molar-refractivity contribution is 0.297. The monoisotopic (exact) mass is 207 g/mol. The van der Waals surface area contributed by atoms with Crippen molar-refractivity contribution in [1.29, 1.82) is 0 Å². The van der Waals surface area contributed by atoms with Crippen LogP contribution in [-0.4, -0.2) is 19.0 Å². The second-order valence-electron chi connectivity index (χ2n) is 3.78. The lowest BCUT2D eigenvalue weighted by atomic mass is 9.85. The first-order chi connectivity index (χ1) is 5.99. The van der Waals surface area contributed by atoms with Gasteiger partial charge in [0, 0.05) is 6.04 Å². The van der Waals surface area contributed by atoms with Crippen molar-refractivity contribution in [1.82, 2.24) is 4.72 Å². The van der Waals surface area contributed by atoms with E-state index in [4.69, 9.17) is 4.55 Å². The molecule has 0 aromatic carbocycles. The molecule has 1 unspecified atom stereocenters. The summed E-state index contributed by atoms with van der Waals surface area (Å²) in [7, 11) is -4.02. The lowest BCUT2D eigenvalue weighted by Gasteiger charge is -2.27. The minimum absolute atomic E-state index is 0.143. The maximum Gasteiger partial charge on any atom is 0.333 e. The van der Waals surface area contributed by atoms with Gasteiger partial charge in [0.15, 0.2) is 0 Å². The summed E-state index contributed by atoms with van der Waals surface area (Å²) in [4.78, 5) is 0. The highest BCUT2D eigenvalue weighted by Crippen LogP contribution is 2.26. The molecule has 0 heterocycles. The van der Waals surface area contributed by atoms with Crippen LogP contribution in [-0.2, 0) is 10.3 Å². The molecular weight excluding hydrogens is 190 g/mol. The van der Waals surface area contributed by atoms with Crippen molar-refractivity contribution in [3.05, 3.63) is 0 Å². The van der Waals surface area contributed by atoms with Crippen LogP contribution in [0.15, 0.2) is 0 Å². The lowest BCUT2D eigenvalue weighted by Crippen LogP contribution is -2.38. The summed E-state index contributed by atoms with van der Waals surface area (Å²) in [6.45, 7) is 1.81. The fourth-order valence-corrected chi connectivity index (χ4v) is 2.63. The fraction of sp³-hybridized carbons (Fsp3) is 1.00. The van der Waals surface area contributed by atoms with Gasteiger partial charge in [0.1, 0.15) is 0 Å². The van der Waals surface area contributed by atoms with E-state index in [1.807, 2.05) is 6.92 Å². The molecule has 78 valence electrons. The predicted molar refractivity (Wildman–Crippen MR) is 50.7 cm³/mol. The fourth-order valence-electron chi connectivity index (χ4n) is 1.97. The Hall–Kier alpha value is -0.130. The molecule has 0 bridgehead atoms. The Balaban J connectivity index is 2.42. The van der Waals surface area contributed by atoms with Gasteiger partial charge in [-0.3, -0.25) is 4.55 Å². The van der Waals surface area contributed by atoms with Crippen molar-refractivity contribution < 1.29 is 13.0 Å². The molecule has 0 amide bonds. The quantitative estimate of drug-likeness (QED) is 0.686. The van der Waals surface area contributed by atoms with E-state index in [1.165, 1.54) is 19.3 Å². The Bertz CT molecular complexity index is 244. The molecule has 13 heavy (non-hydrogen) atoms. The molecule has 0 spiro atoms. The highest BCUT2D eigenvalue weighted by Gasteiger charge is 2.22. The average molecular weight is 207 g/mol. The van der Waals surface area contributed by atoms with E-state index in [2.05, 4.69) is 4.72 Å². The maximum absolute atomic E-state index is 10.5. The van der Waals surface area contributed by atoms with Crippen molar-refractivity contribution in [3.63, 3.8) is 0 Å². The van der Waals surface area contributed by atoms with E-state index >= 15 is 0 Å². The predicted octanol–water partition coefficient (Wildman–Crippen LogP) is 1.35. The minimum atomic E-state index is -4.02. The van der Waals surface area contributed by atoms with Gasteiger partial charge in [-0.1, -0.05) is 19.3 Å². The first-order valence-electron chi connectivity index (χ1n) is 4.74. The first-order valence-corrected chi connectivity index (χ1v) is 6.18. The Morgan fingerprint density at radius 3 is 2.31 bits per heavy atom. The van der Waals surface area contributed by atoms with Crippen LogP contribution >= 0.6 is 0 Å². The van der Waals surface area contributed by atoms with Crippen LogP contribution in [0.5, 0.6) is 0 Å². The molecule has 1 rings (SSSR count). The highest BCUT2D eigenvalue weighted by atomic mass is 32.2. The van der Waals surface area contributed by atoms with Crippen molar-refractivity contribution in [2.24, 2.45) is 5.92 Å². The van der Waals surface area contributed by atoms with Gasteiger partial charge >= 0.3 is 10.3 Å². The summed E-state index contributed by atoms with van der Waals surface area (Å²) in [5.41, 5.74) is 0. The van der Waals surface area contributed by atoms with E-state index in [1.54, 1.807) is 0 Å². The van der Waals surface area contributed by atoms with Crippen LogP contribution in [0.3, 0.4) is 0 Å². The van der Waals surface area contributed by atoms with E-state index in [0.29, 0.717) is 5.92 Å². The third kappa shape index (κ3) is 4.06. The first kappa shape index (κ1) is 10.9. The Morgan fingerprint density at radius 2 is 1.85 bits per heavy atom. The van der Waals surface area contributed by atoms with E-state index < -0.39 is 10.3 Å². The zero-order chi connectivity index (χ0) is 9.90. The minimum Gasteiger partial charge on any atom is -0.273 e. The molecule has 0 radical (unpaired) electrons. The van der Waals surface area contributed by atoms with Crippen molar-refractivity contribution >= 4 is 10.3 Å². The molecule has 0 aliphatic heterocycles. The van der Waals surface area contributed by atoms with Gasteiger partial charge < -0.3 is 0 Å². The van der Waals surface area contributed by atoms with Crippen LogP contribution in [0.1, 0.15) is 39.0 Å². The molecule has 1 aliphatic rings. The smallest absolute Gasteiger partial charge is 0.273 e. The molecule has 2 N–H and O–H groups in total. The largest absolute Gasteiger partial charge is 0.333 e. The molecule has 1 fully saturated rings. The van der Waals surface area contributed by atoms with Crippen molar-refractivity contribution in [2.45, 2.75) is 45.1 Å². The Morgan fingerprint density at radius 1 is 1.31 bits per heavy atom. The van der Waals surface area contributed by atoms with Gasteiger partial charge in [-0.2, -0.15) is 13.1 Å². The van der Waals surface area contributed by atoms with Crippen molar-refractivity contribution in [3.8, 4) is 0 Å². The highest BCUT2D eigenvalue weighted by molar-refractivity contribution is 7.83. The van der Waals surface area contributed by atoms with E-state index in [9.17, 15) is 8.42 Å². The van der Waals surface area contributed by atoms with Crippen LogP contribution in [0.2, 0.25) is 0 Å². The van der Waals surface area contributed by atoms with Gasteiger partial charge in [0.2, 0.25) is 0 Å². The summed E-state index contributed by atoms with van der Waals surface area (Å²) in [6.07, 6.45) is 5.70. The third-order valence-corrected chi connectivity index (χ3v) is 3.36. The molecule has 1 saturated carbocycles. The van der Waals surface area contributed by atoms with Gasteiger partial charge in [-0.15, -0.1) is 0 Å². The number of nitrogens with one attached hydrogen (secondary N) is 1. The maximum atomic E-state index is 10.5. The van der Waals surface area contributed by atoms with Gasteiger partial charge in [-0.25, -0.2) is 0 Å². The molecule has 1 atom stereocenters. The zero-order valence-electron chi connectivity index (χ0n) is 7.86. The zero-order valence-corrected chi connectivity index (χ0v) is 8.68. The van der Waals surface area contributed by atoms with Gasteiger partial charge in [0.25, 0.3) is 0 Å². The summed E-state index contributed by atoms with van der Waals surface area (Å²) in [5.74, 6) is 0.385. The molecule has 1 aliphatic carbocycles. The van der Waals surface area contributed by atoms with Crippen LogP contribution in [0.4, 0.5) is 0 Å². The van der Waals surface area contributed by atoms with E-state index in [0.717, 1.165) is 12.8 Å². The second-order valence-corrected chi connectivity index (χ2v) is 4.97. The normalized spacial score (nSPS) is 22.9. The van der Waals surface area contributed by atoms with Crippen LogP contribution in [0.25, 0.3) is 0 Å². The van der Waals surface area contributed by atoms with Gasteiger partial charge in [-0.05, 0) is 25.7 Å². The molecule has 0 saturated heterocycles. The Labute approximate surface area is 79.6 Å². The molecular formula is C8H17NO3S. The number of hydrogen-bond donors (Lipinski definition) is 2. The molecule has 0 aromatic heterocycles. The van der Waals surface area contributed by atoms with Crippen molar-refractivity contribution in [2.75, 3.05) is 0 Å². The molecule has 0 aromatic rings. The summed E-state index contributed by atoms with van der Waals surface area (Å²) in [6, 6.07) is -0.143. The SMILES string of the molecule is CC(NS(=O)(=O)O)C1CCCCC1. The topological polar surface area (TPSA) is 66.4 Å². The summed E-state index contributed by atoms with van der Waals surface area (Å²) in [5, 5.41) is 0. The van der Waals surface area contributed by atoms with Crippen LogP contribution in [0, 0.1) is 5.92 Å². The van der Waals surface area contributed by atoms with E-state index in [-0.39, 0.29) is 6.04 Å².